The first-order chi connectivity index (χ1) is 10.1. The summed E-state index contributed by atoms with van der Waals surface area (Å²) >= 11 is 0. The van der Waals surface area contributed by atoms with E-state index in [1.807, 2.05) is 24.3 Å². The van der Waals surface area contributed by atoms with E-state index in [1.54, 1.807) is 0 Å². The van der Waals surface area contributed by atoms with Gasteiger partial charge in [-0.3, -0.25) is 0 Å². The van der Waals surface area contributed by atoms with Gasteiger partial charge < -0.3 is 9.84 Å². The van der Waals surface area contributed by atoms with Gasteiger partial charge in [-0.1, -0.05) is 18.2 Å². The highest BCUT2D eigenvalue weighted by Crippen LogP contribution is 2.26. The smallest absolute Gasteiger partial charge is 0.243 e. The van der Waals surface area contributed by atoms with E-state index in [2.05, 4.69) is 0 Å². The van der Waals surface area contributed by atoms with Crippen molar-refractivity contribution in [3.8, 4) is 11.5 Å². The number of rotatable bonds is 2. The van der Waals surface area contributed by atoms with Crippen molar-refractivity contribution in [3.05, 3.63) is 54.1 Å². The molecule has 0 atom stereocenters. The van der Waals surface area contributed by atoms with Crippen molar-refractivity contribution in [2.75, 3.05) is 13.2 Å². The maximum atomic E-state index is 12.6. The van der Waals surface area contributed by atoms with Gasteiger partial charge in [-0.05, 0) is 30.3 Å². The molecule has 0 amide bonds. The fourth-order valence-electron chi connectivity index (χ4n) is 2.27. The van der Waals surface area contributed by atoms with Gasteiger partial charge in [-0.25, -0.2) is 8.42 Å². The van der Waals surface area contributed by atoms with E-state index >= 15 is 0 Å². The van der Waals surface area contributed by atoms with Gasteiger partial charge in [0.15, 0.2) is 0 Å². The van der Waals surface area contributed by atoms with Crippen LogP contribution >= 0.6 is 0 Å². The van der Waals surface area contributed by atoms with E-state index in [-0.39, 0.29) is 23.7 Å². The minimum Gasteiger partial charge on any atom is -0.508 e. The Morgan fingerprint density at radius 3 is 2.52 bits per heavy atom. The molecule has 0 aliphatic carbocycles. The number of benzene rings is 2. The van der Waals surface area contributed by atoms with Crippen LogP contribution < -0.4 is 4.74 Å². The molecule has 2 aromatic rings. The van der Waals surface area contributed by atoms with Crippen LogP contribution in [0.15, 0.2) is 53.4 Å². The lowest BCUT2D eigenvalue weighted by atomic mass is 10.2. The lowest BCUT2D eigenvalue weighted by Gasteiger charge is -2.19. The zero-order chi connectivity index (χ0) is 14.9. The van der Waals surface area contributed by atoms with Crippen molar-refractivity contribution in [1.29, 1.82) is 0 Å². The second kappa shape index (κ2) is 5.38. The van der Waals surface area contributed by atoms with Crippen LogP contribution in [0.2, 0.25) is 0 Å². The number of sulfonamides is 1. The summed E-state index contributed by atoms with van der Waals surface area (Å²) < 4.78 is 32.3. The Morgan fingerprint density at radius 2 is 1.76 bits per heavy atom. The van der Waals surface area contributed by atoms with Crippen molar-refractivity contribution in [1.82, 2.24) is 4.31 Å². The van der Waals surface area contributed by atoms with E-state index in [0.717, 1.165) is 11.3 Å². The maximum Gasteiger partial charge on any atom is 0.243 e. The Hall–Kier alpha value is -2.05. The third-order valence-electron chi connectivity index (χ3n) is 3.39. The molecular weight excluding hydrogens is 290 g/mol. The molecule has 6 heteroatoms. The monoisotopic (exact) mass is 305 g/mol. The fraction of sp³-hybridized carbons (Fsp3) is 0.200. The van der Waals surface area contributed by atoms with E-state index in [9.17, 15) is 13.5 Å². The average Bonchev–Trinajstić information content (AvgIpc) is 2.70. The van der Waals surface area contributed by atoms with Gasteiger partial charge in [0.05, 0.1) is 4.90 Å². The molecule has 0 radical (unpaired) electrons. The molecular formula is C15H15NO4S. The molecule has 5 nitrogen and oxygen atoms in total. The van der Waals surface area contributed by atoms with E-state index < -0.39 is 10.0 Å². The summed E-state index contributed by atoms with van der Waals surface area (Å²) in [5, 5.41) is 9.28. The quantitative estimate of drug-likeness (QED) is 0.921. The first-order valence-corrected chi connectivity index (χ1v) is 8.01. The first kappa shape index (κ1) is 13.9. The van der Waals surface area contributed by atoms with Gasteiger partial charge in [0, 0.05) is 18.7 Å². The molecule has 0 spiro atoms. The SMILES string of the molecule is O=S(=O)(c1ccc(O)cc1)N1CCOc2ccccc2C1. The van der Waals surface area contributed by atoms with Crippen LogP contribution in [0.5, 0.6) is 11.5 Å². The zero-order valence-electron chi connectivity index (χ0n) is 11.3. The summed E-state index contributed by atoms with van der Waals surface area (Å²) in [4.78, 5) is 0.166. The first-order valence-electron chi connectivity index (χ1n) is 6.57. The van der Waals surface area contributed by atoms with Crippen LogP contribution in [0.1, 0.15) is 5.56 Å². The predicted molar refractivity (Wildman–Crippen MR) is 77.6 cm³/mol. The molecule has 1 N–H and O–H groups in total. The Kier molecular flexibility index (Phi) is 3.57. The number of para-hydroxylation sites is 1. The van der Waals surface area contributed by atoms with E-state index in [1.165, 1.54) is 28.6 Å². The van der Waals surface area contributed by atoms with Crippen LogP contribution in [0.4, 0.5) is 0 Å². The summed E-state index contributed by atoms with van der Waals surface area (Å²) in [7, 11) is -3.60. The maximum absolute atomic E-state index is 12.6. The van der Waals surface area contributed by atoms with Gasteiger partial charge >= 0.3 is 0 Å². The summed E-state index contributed by atoms with van der Waals surface area (Å²) in [6.45, 7) is 0.881. The molecule has 0 saturated carbocycles. The summed E-state index contributed by atoms with van der Waals surface area (Å²) in [6, 6.07) is 13.0. The van der Waals surface area contributed by atoms with Crippen LogP contribution in [0, 0.1) is 0 Å². The highest BCUT2D eigenvalue weighted by Gasteiger charge is 2.27. The average molecular weight is 305 g/mol. The minimum absolute atomic E-state index is 0.0403. The van der Waals surface area contributed by atoms with Crippen LogP contribution in [-0.2, 0) is 16.6 Å². The molecule has 0 fully saturated rings. The van der Waals surface area contributed by atoms with Gasteiger partial charge in [-0.2, -0.15) is 4.31 Å². The Morgan fingerprint density at radius 1 is 1.05 bits per heavy atom. The van der Waals surface area contributed by atoms with Crippen molar-refractivity contribution in [3.63, 3.8) is 0 Å². The number of hydrogen-bond acceptors (Lipinski definition) is 4. The fourth-order valence-corrected chi connectivity index (χ4v) is 3.68. The number of ether oxygens (including phenoxy) is 1. The van der Waals surface area contributed by atoms with E-state index in [0.29, 0.717) is 6.61 Å². The van der Waals surface area contributed by atoms with Crippen LogP contribution in [0.25, 0.3) is 0 Å². The molecule has 0 unspecified atom stereocenters. The summed E-state index contributed by atoms with van der Waals surface area (Å²) in [5.74, 6) is 0.763. The zero-order valence-corrected chi connectivity index (χ0v) is 12.1. The highest BCUT2D eigenvalue weighted by molar-refractivity contribution is 7.89. The van der Waals surface area contributed by atoms with Crippen LogP contribution in [0.3, 0.4) is 0 Å². The van der Waals surface area contributed by atoms with Gasteiger partial charge in [0.1, 0.15) is 18.1 Å². The van der Waals surface area contributed by atoms with E-state index in [4.69, 9.17) is 4.74 Å². The lowest BCUT2D eigenvalue weighted by molar-refractivity contribution is 0.293. The van der Waals surface area contributed by atoms with Gasteiger partial charge in [0.25, 0.3) is 0 Å². The van der Waals surface area contributed by atoms with Gasteiger partial charge in [0.2, 0.25) is 10.0 Å². The second-order valence-corrected chi connectivity index (χ2v) is 6.73. The van der Waals surface area contributed by atoms with Crippen molar-refractivity contribution < 1.29 is 18.3 Å². The number of aromatic hydroxyl groups is 1. The lowest BCUT2D eigenvalue weighted by Crippen LogP contribution is -2.32. The molecule has 1 aliphatic rings. The second-order valence-electron chi connectivity index (χ2n) is 4.79. The number of phenolic OH excluding ortho intramolecular Hbond substituents is 1. The standard InChI is InChI=1S/C15H15NO4S/c17-13-5-7-14(8-6-13)21(18,19)16-9-10-20-15-4-2-1-3-12(15)11-16/h1-8,17H,9-11H2. The number of hydrogen-bond donors (Lipinski definition) is 1. The number of fused-ring (bicyclic) bond motifs is 1. The Labute approximate surface area is 123 Å². The molecule has 21 heavy (non-hydrogen) atoms. The molecule has 0 saturated heterocycles. The molecule has 110 valence electrons. The Bertz CT molecular complexity index is 741. The number of phenols is 1. The number of nitrogens with zero attached hydrogens (tertiary/aromatic N) is 1. The van der Waals surface area contributed by atoms with Crippen molar-refractivity contribution in [2.45, 2.75) is 11.4 Å². The largest absolute Gasteiger partial charge is 0.508 e. The normalized spacial score (nSPS) is 15.8. The molecule has 0 bridgehead atoms. The third-order valence-corrected chi connectivity index (χ3v) is 5.25. The predicted octanol–water partition coefficient (Wildman–Crippen LogP) is 1.98. The molecule has 3 rings (SSSR count). The van der Waals surface area contributed by atoms with Gasteiger partial charge in [-0.15, -0.1) is 0 Å². The third kappa shape index (κ3) is 2.72. The van der Waals surface area contributed by atoms with Crippen LogP contribution in [-0.4, -0.2) is 31.0 Å². The molecule has 2 aromatic carbocycles. The highest BCUT2D eigenvalue weighted by atomic mass is 32.2. The molecule has 0 aromatic heterocycles. The topological polar surface area (TPSA) is 66.8 Å². The Balaban J connectivity index is 1.94. The summed E-state index contributed by atoms with van der Waals surface area (Å²) in [6.07, 6.45) is 0. The molecule has 1 heterocycles. The van der Waals surface area contributed by atoms with Crippen molar-refractivity contribution >= 4 is 10.0 Å². The summed E-state index contributed by atoms with van der Waals surface area (Å²) in [5.41, 5.74) is 0.845. The minimum atomic E-state index is -3.60. The van der Waals surface area contributed by atoms with Crippen molar-refractivity contribution in [2.24, 2.45) is 0 Å². The molecule has 1 aliphatic heterocycles.